The standard InChI is InChI=1S/C14H10F8N2/c15-11(13(17,18)19)9-6-8(7-4-2-1-3-5-7)10(24-23-9)12(16)14(20,21)22/h1-5,8,11-12H,6H2. The van der Waals surface area contributed by atoms with E-state index in [4.69, 9.17) is 0 Å². The summed E-state index contributed by atoms with van der Waals surface area (Å²) in [6.45, 7) is 0. The highest BCUT2D eigenvalue weighted by molar-refractivity contribution is 6.03. The first kappa shape index (κ1) is 18.3. The van der Waals surface area contributed by atoms with Gasteiger partial charge in [0, 0.05) is 12.3 Å². The summed E-state index contributed by atoms with van der Waals surface area (Å²) in [7, 11) is 0. The minimum absolute atomic E-state index is 0.0879. The molecular formula is C14H10F8N2. The lowest BCUT2D eigenvalue weighted by molar-refractivity contribution is -0.162. The topological polar surface area (TPSA) is 24.7 Å². The lowest BCUT2D eigenvalue weighted by Gasteiger charge is -2.27. The number of hydrogen-bond acceptors (Lipinski definition) is 2. The van der Waals surface area contributed by atoms with Crippen LogP contribution in [0.1, 0.15) is 17.9 Å². The van der Waals surface area contributed by atoms with Crippen molar-refractivity contribution in [3.05, 3.63) is 35.9 Å². The quantitative estimate of drug-likeness (QED) is 0.696. The molecule has 3 atom stereocenters. The van der Waals surface area contributed by atoms with E-state index in [1.54, 1.807) is 0 Å². The Hall–Kier alpha value is -2.00. The van der Waals surface area contributed by atoms with E-state index in [9.17, 15) is 35.1 Å². The normalized spacial score (nSPS) is 21.8. The van der Waals surface area contributed by atoms with Crippen LogP contribution in [-0.2, 0) is 0 Å². The maximum absolute atomic E-state index is 13.7. The SMILES string of the molecule is FC(C1=NN=C(C(F)C(F)(F)F)C(c2ccccc2)C1)C(F)(F)F. The second kappa shape index (κ2) is 6.48. The van der Waals surface area contributed by atoms with Crippen LogP contribution in [0.2, 0.25) is 0 Å². The monoisotopic (exact) mass is 358 g/mol. The molecule has 0 radical (unpaired) electrons. The molecule has 0 amide bonds. The zero-order chi connectivity index (χ0) is 18.1. The van der Waals surface area contributed by atoms with E-state index in [-0.39, 0.29) is 5.56 Å². The molecule has 0 N–H and O–H groups in total. The van der Waals surface area contributed by atoms with Gasteiger partial charge in [0.1, 0.15) is 0 Å². The van der Waals surface area contributed by atoms with Gasteiger partial charge in [-0.15, -0.1) is 0 Å². The predicted molar refractivity (Wildman–Crippen MR) is 70.6 cm³/mol. The van der Waals surface area contributed by atoms with E-state index in [0.717, 1.165) is 0 Å². The molecule has 1 aromatic carbocycles. The van der Waals surface area contributed by atoms with Crippen LogP contribution in [-0.4, -0.2) is 36.1 Å². The van der Waals surface area contributed by atoms with E-state index in [1.807, 2.05) is 0 Å². The van der Waals surface area contributed by atoms with E-state index in [0.29, 0.717) is 0 Å². The summed E-state index contributed by atoms with van der Waals surface area (Å²) in [4.78, 5) is 0. The molecule has 1 aliphatic rings. The van der Waals surface area contributed by atoms with Crippen LogP contribution in [0.3, 0.4) is 0 Å². The molecule has 0 aromatic heterocycles. The summed E-state index contributed by atoms with van der Waals surface area (Å²) >= 11 is 0. The van der Waals surface area contributed by atoms with E-state index in [2.05, 4.69) is 10.2 Å². The first-order valence-corrected chi connectivity index (χ1v) is 6.62. The smallest absolute Gasteiger partial charge is 0.231 e. The minimum Gasteiger partial charge on any atom is -0.231 e. The molecule has 2 nitrogen and oxygen atoms in total. The minimum atomic E-state index is -5.29. The third kappa shape index (κ3) is 3.90. The number of hydrogen-bond donors (Lipinski definition) is 0. The van der Waals surface area contributed by atoms with Gasteiger partial charge in [0.2, 0.25) is 12.3 Å². The average molecular weight is 358 g/mol. The maximum atomic E-state index is 13.7. The third-order valence-electron chi connectivity index (χ3n) is 3.39. The molecule has 0 fully saturated rings. The van der Waals surface area contributed by atoms with Crippen molar-refractivity contribution in [2.45, 2.75) is 37.0 Å². The van der Waals surface area contributed by atoms with Gasteiger partial charge in [-0.3, -0.25) is 0 Å². The van der Waals surface area contributed by atoms with Crippen molar-refractivity contribution in [3.63, 3.8) is 0 Å². The largest absolute Gasteiger partial charge is 0.425 e. The van der Waals surface area contributed by atoms with Gasteiger partial charge in [-0.1, -0.05) is 30.3 Å². The van der Waals surface area contributed by atoms with Crippen LogP contribution in [0.15, 0.2) is 40.5 Å². The molecule has 10 heteroatoms. The van der Waals surface area contributed by atoms with Crippen LogP contribution >= 0.6 is 0 Å². The van der Waals surface area contributed by atoms with Crippen LogP contribution in [0.5, 0.6) is 0 Å². The fourth-order valence-corrected chi connectivity index (χ4v) is 2.26. The van der Waals surface area contributed by atoms with Gasteiger partial charge in [-0.2, -0.15) is 36.5 Å². The van der Waals surface area contributed by atoms with E-state index < -0.39 is 48.5 Å². The highest BCUT2D eigenvalue weighted by Gasteiger charge is 2.50. The maximum Gasteiger partial charge on any atom is 0.425 e. The van der Waals surface area contributed by atoms with Crippen molar-refractivity contribution in [2.75, 3.05) is 0 Å². The van der Waals surface area contributed by atoms with Crippen molar-refractivity contribution < 1.29 is 35.1 Å². The summed E-state index contributed by atoms with van der Waals surface area (Å²) < 4.78 is 102. The van der Waals surface area contributed by atoms with E-state index >= 15 is 0 Å². The Labute approximate surface area is 130 Å². The highest BCUT2D eigenvalue weighted by Crippen LogP contribution is 2.36. The van der Waals surface area contributed by atoms with Gasteiger partial charge in [0.25, 0.3) is 0 Å². The highest BCUT2D eigenvalue weighted by atomic mass is 19.4. The molecular weight excluding hydrogens is 348 g/mol. The Kier molecular flexibility index (Phi) is 4.95. The molecule has 24 heavy (non-hydrogen) atoms. The molecule has 0 bridgehead atoms. The lowest BCUT2D eigenvalue weighted by Crippen LogP contribution is -2.41. The Morgan fingerprint density at radius 3 is 1.88 bits per heavy atom. The fourth-order valence-electron chi connectivity index (χ4n) is 2.26. The zero-order valence-corrected chi connectivity index (χ0v) is 11.7. The second-order valence-corrected chi connectivity index (χ2v) is 5.09. The Morgan fingerprint density at radius 1 is 0.833 bits per heavy atom. The van der Waals surface area contributed by atoms with Gasteiger partial charge in [0.15, 0.2) is 0 Å². The van der Waals surface area contributed by atoms with Gasteiger partial charge >= 0.3 is 12.4 Å². The first-order valence-electron chi connectivity index (χ1n) is 6.62. The average Bonchev–Trinajstić information content (AvgIpc) is 2.52. The molecule has 1 aliphatic heterocycles. The lowest BCUT2D eigenvalue weighted by atomic mass is 9.85. The molecule has 132 valence electrons. The van der Waals surface area contributed by atoms with Crippen LogP contribution in [0.4, 0.5) is 35.1 Å². The van der Waals surface area contributed by atoms with Gasteiger partial charge < -0.3 is 0 Å². The molecule has 2 rings (SSSR count). The molecule has 0 spiro atoms. The van der Waals surface area contributed by atoms with Gasteiger partial charge in [0.05, 0.1) is 11.4 Å². The van der Waals surface area contributed by atoms with Crippen LogP contribution < -0.4 is 0 Å². The summed E-state index contributed by atoms with van der Waals surface area (Å²) in [5.41, 5.74) is -2.09. The number of rotatable bonds is 3. The van der Waals surface area contributed by atoms with Crippen molar-refractivity contribution >= 4 is 11.4 Å². The number of alkyl halides is 8. The Morgan fingerprint density at radius 2 is 1.38 bits per heavy atom. The van der Waals surface area contributed by atoms with Gasteiger partial charge in [-0.05, 0) is 5.56 Å². The first-order chi connectivity index (χ1) is 11.0. The van der Waals surface area contributed by atoms with Crippen molar-refractivity contribution in [2.24, 2.45) is 10.2 Å². The van der Waals surface area contributed by atoms with Crippen molar-refractivity contribution in [1.29, 1.82) is 0 Å². The summed E-state index contributed by atoms with van der Waals surface area (Å²) in [6.07, 6.45) is -18.4. The third-order valence-corrected chi connectivity index (χ3v) is 3.39. The molecule has 1 aromatic rings. The Balaban J connectivity index is 2.44. The van der Waals surface area contributed by atoms with Crippen LogP contribution in [0.25, 0.3) is 0 Å². The van der Waals surface area contributed by atoms with Gasteiger partial charge in [-0.25, -0.2) is 8.78 Å². The van der Waals surface area contributed by atoms with E-state index in [1.165, 1.54) is 30.3 Å². The molecule has 1 heterocycles. The zero-order valence-electron chi connectivity index (χ0n) is 11.7. The summed E-state index contributed by atoms with van der Waals surface area (Å²) in [5, 5.41) is 5.80. The van der Waals surface area contributed by atoms with Crippen LogP contribution in [0, 0.1) is 0 Å². The number of benzene rings is 1. The summed E-state index contributed by atoms with van der Waals surface area (Å²) in [6, 6.07) is 6.94. The molecule has 0 saturated heterocycles. The summed E-state index contributed by atoms with van der Waals surface area (Å²) in [5.74, 6) is -1.49. The molecule has 0 saturated carbocycles. The molecule has 0 aliphatic carbocycles. The molecule has 3 unspecified atom stereocenters. The number of halogens is 8. The number of nitrogens with zero attached hydrogens (tertiary/aromatic N) is 2. The fraction of sp³-hybridized carbons (Fsp3) is 0.429. The Bertz CT molecular complexity index is 632. The van der Waals surface area contributed by atoms with Crippen molar-refractivity contribution in [1.82, 2.24) is 0 Å². The second-order valence-electron chi connectivity index (χ2n) is 5.09. The van der Waals surface area contributed by atoms with Crippen molar-refractivity contribution in [3.8, 4) is 0 Å². The predicted octanol–water partition coefficient (Wildman–Crippen LogP) is 4.77.